The Balaban J connectivity index is 1.56. The number of nitrogens with one attached hydrogen (secondary N) is 2. The number of benzene rings is 2. The molecule has 5 nitrogen and oxygen atoms in total. The van der Waals surface area contributed by atoms with Gasteiger partial charge in [0.2, 0.25) is 5.91 Å². The molecule has 0 saturated heterocycles. The molecule has 3 aromatic rings. The molecule has 0 fully saturated rings. The molecule has 4 rings (SSSR count). The van der Waals surface area contributed by atoms with Crippen molar-refractivity contribution < 1.29 is 4.79 Å². The molecule has 25 heavy (non-hydrogen) atoms. The predicted octanol–water partition coefficient (Wildman–Crippen LogP) is 3.15. The van der Waals surface area contributed by atoms with E-state index in [1.54, 1.807) is 0 Å². The Hall–Kier alpha value is -2.92. The van der Waals surface area contributed by atoms with E-state index < -0.39 is 0 Å². The summed E-state index contributed by atoms with van der Waals surface area (Å²) >= 11 is 0. The van der Waals surface area contributed by atoms with Crippen molar-refractivity contribution in [3.63, 3.8) is 0 Å². The van der Waals surface area contributed by atoms with Gasteiger partial charge in [0.05, 0.1) is 17.9 Å². The van der Waals surface area contributed by atoms with E-state index >= 15 is 0 Å². The van der Waals surface area contributed by atoms with E-state index in [1.807, 2.05) is 43.3 Å². The first kappa shape index (κ1) is 15.6. The van der Waals surface area contributed by atoms with Gasteiger partial charge < -0.3 is 10.2 Å². The number of hydrogen-bond donors (Lipinski definition) is 2. The van der Waals surface area contributed by atoms with Crippen LogP contribution in [-0.4, -0.2) is 41.6 Å². The van der Waals surface area contributed by atoms with Gasteiger partial charge in [0, 0.05) is 28.8 Å². The zero-order valence-corrected chi connectivity index (χ0v) is 14.3. The van der Waals surface area contributed by atoms with Crippen LogP contribution < -0.4 is 5.32 Å². The van der Waals surface area contributed by atoms with Crippen molar-refractivity contribution in [1.29, 1.82) is 0 Å². The normalized spacial score (nSPS) is 12.1. The van der Waals surface area contributed by atoms with Crippen LogP contribution in [0.2, 0.25) is 0 Å². The number of aromatic nitrogens is 2. The third-order valence-electron chi connectivity index (χ3n) is 4.42. The second kappa shape index (κ2) is 6.18. The number of carbonyl (C=O) groups excluding carboxylic acids is 1. The average Bonchev–Trinajstić information content (AvgIpc) is 3.14. The molecule has 2 aromatic carbocycles. The first-order valence-corrected chi connectivity index (χ1v) is 8.32. The number of amides is 1. The van der Waals surface area contributed by atoms with E-state index in [1.165, 1.54) is 16.7 Å². The van der Waals surface area contributed by atoms with Crippen molar-refractivity contribution in [2.45, 2.75) is 6.42 Å². The fraction of sp³-hybridized carbons (Fsp3) is 0.200. The summed E-state index contributed by atoms with van der Waals surface area (Å²) in [6.07, 6.45) is 0.901. The van der Waals surface area contributed by atoms with Gasteiger partial charge in [-0.2, -0.15) is 5.10 Å². The lowest BCUT2D eigenvalue weighted by Gasteiger charge is -2.10. The Morgan fingerprint density at radius 1 is 1.16 bits per heavy atom. The number of H-pyrrole nitrogens is 1. The smallest absolute Gasteiger partial charge is 0.238 e. The summed E-state index contributed by atoms with van der Waals surface area (Å²) in [5.41, 5.74) is 7.77. The number of fused-ring (bicyclic) bond motifs is 3. The number of nitrogens with zero attached hydrogens (tertiary/aromatic N) is 2. The molecular formula is C20H20N4O. The highest BCUT2D eigenvalue weighted by atomic mass is 16.2. The number of hydrogen-bond acceptors (Lipinski definition) is 3. The van der Waals surface area contributed by atoms with Crippen molar-refractivity contribution in [3.8, 4) is 22.5 Å². The number of aromatic amines is 1. The SMILES string of the molecule is CN(C)CC(=O)Nc1ccc(-c2n[nH]c3c2Cc2ccccc2-3)cc1. The van der Waals surface area contributed by atoms with Crippen molar-refractivity contribution in [2.24, 2.45) is 0 Å². The monoisotopic (exact) mass is 332 g/mol. The fourth-order valence-electron chi connectivity index (χ4n) is 3.31. The zero-order chi connectivity index (χ0) is 17.4. The van der Waals surface area contributed by atoms with Gasteiger partial charge in [-0.3, -0.25) is 9.89 Å². The molecule has 126 valence electrons. The molecule has 1 amide bonds. The molecule has 0 unspecified atom stereocenters. The molecule has 0 bridgehead atoms. The Labute approximate surface area is 146 Å². The summed E-state index contributed by atoms with van der Waals surface area (Å²) in [6, 6.07) is 16.3. The van der Waals surface area contributed by atoms with E-state index in [-0.39, 0.29) is 5.91 Å². The molecule has 1 aromatic heterocycles. The minimum Gasteiger partial charge on any atom is -0.325 e. The van der Waals surface area contributed by atoms with Gasteiger partial charge in [-0.15, -0.1) is 0 Å². The largest absolute Gasteiger partial charge is 0.325 e. The summed E-state index contributed by atoms with van der Waals surface area (Å²) in [6.45, 7) is 0.368. The maximum absolute atomic E-state index is 11.8. The molecule has 0 saturated carbocycles. The number of carbonyl (C=O) groups is 1. The Bertz CT molecular complexity index is 925. The van der Waals surface area contributed by atoms with Gasteiger partial charge in [0.25, 0.3) is 0 Å². The predicted molar refractivity (Wildman–Crippen MR) is 99.4 cm³/mol. The molecule has 0 atom stereocenters. The second-order valence-electron chi connectivity index (χ2n) is 6.62. The lowest BCUT2D eigenvalue weighted by Crippen LogP contribution is -2.27. The van der Waals surface area contributed by atoms with Crippen LogP contribution in [0.1, 0.15) is 11.1 Å². The van der Waals surface area contributed by atoms with Crippen molar-refractivity contribution >= 4 is 11.6 Å². The van der Waals surface area contributed by atoms with Gasteiger partial charge in [0.15, 0.2) is 0 Å². The van der Waals surface area contributed by atoms with E-state index in [0.29, 0.717) is 6.54 Å². The lowest BCUT2D eigenvalue weighted by molar-refractivity contribution is -0.116. The Morgan fingerprint density at radius 2 is 1.92 bits per heavy atom. The molecule has 5 heteroatoms. The summed E-state index contributed by atoms with van der Waals surface area (Å²) in [5, 5.41) is 10.6. The first-order valence-electron chi connectivity index (χ1n) is 8.32. The molecule has 0 radical (unpaired) electrons. The van der Waals surface area contributed by atoms with E-state index in [4.69, 9.17) is 0 Å². The van der Waals surface area contributed by atoms with E-state index in [0.717, 1.165) is 29.1 Å². The highest BCUT2D eigenvalue weighted by Crippen LogP contribution is 2.39. The summed E-state index contributed by atoms with van der Waals surface area (Å²) in [5.74, 6) is -0.0196. The molecular weight excluding hydrogens is 312 g/mol. The highest BCUT2D eigenvalue weighted by Gasteiger charge is 2.24. The zero-order valence-electron chi connectivity index (χ0n) is 14.3. The summed E-state index contributed by atoms with van der Waals surface area (Å²) in [7, 11) is 3.75. The molecule has 0 aliphatic heterocycles. The van der Waals surface area contributed by atoms with Crippen LogP contribution in [0, 0.1) is 0 Å². The van der Waals surface area contributed by atoms with Gasteiger partial charge in [0.1, 0.15) is 0 Å². The first-order chi connectivity index (χ1) is 12.1. The maximum atomic E-state index is 11.8. The van der Waals surface area contributed by atoms with E-state index in [9.17, 15) is 4.79 Å². The Morgan fingerprint density at radius 3 is 2.68 bits per heavy atom. The minimum atomic E-state index is -0.0196. The third-order valence-corrected chi connectivity index (χ3v) is 4.42. The topological polar surface area (TPSA) is 61.0 Å². The van der Waals surface area contributed by atoms with Crippen LogP contribution in [0.5, 0.6) is 0 Å². The second-order valence-corrected chi connectivity index (χ2v) is 6.62. The van der Waals surface area contributed by atoms with Crippen LogP contribution in [0.3, 0.4) is 0 Å². The molecule has 1 heterocycles. The lowest BCUT2D eigenvalue weighted by atomic mass is 10.1. The quantitative estimate of drug-likeness (QED) is 0.603. The molecule has 1 aliphatic carbocycles. The molecule has 2 N–H and O–H groups in total. The third kappa shape index (κ3) is 2.94. The van der Waals surface area contributed by atoms with Crippen LogP contribution in [0.4, 0.5) is 5.69 Å². The standard InChI is InChI=1S/C20H20N4O/c1-24(2)12-18(25)21-15-9-7-13(8-10-15)19-17-11-14-5-3-4-6-16(14)20(17)23-22-19/h3-10H,11-12H2,1-2H3,(H,21,25)(H,22,23). The van der Waals surface area contributed by atoms with Crippen LogP contribution >= 0.6 is 0 Å². The molecule has 0 spiro atoms. The highest BCUT2D eigenvalue weighted by molar-refractivity contribution is 5.92. The number of anilines is 1. The van der Waals surface area contributed by atoms with Gasteiger partial charge in [-0.1, -0.05) is 36.4 Å². The van der Waals surface area contributed by atoms with Crippen LogP contribution in [-0.2, 0) is 11.2 Å². The van der Waals surface area contributed by atoms with Crippen molar-refractivity contribution in [2.75, 3.05) is 26.0 Å². The number of likely N-dealkylation sites (N-methyl/N-ethyl adjacent to an activating group) is 1. The van der Waals surface area contributed by atoms with Crippen LogP contribution in [0.25, 0.3) is 22.5 Å². The number of rotatable bonds is 4. The van der Waals surface area contributed by atoms with E-state index in [2.05, 4.69) is 39.8 Å². The fourth-order valence-corrected chi connectivity index (χ4v) is 3.31. The van der Waals surface area contributed by atoms with Crippen LogP contribution in [0.15, 0.2) is 48.5 Å². The van der Waals surface area contributed by atoms with Crippen molar-refractivity contribution in [3.05, 3.63) is 59.7 Å². The molecule has 1 aliphatic rings. The Kier molecular flexibility index (Phi) is 3.86. The average molecular weight is 332 g/mol. The van der Waals surface area contributed by atoms with Crippen molar-refractivity contribution in [1.82, 2.24) is 15.1 Å². The van der Waals surface area contributed by atoms with Gasteiger partial charge in [-0.25, -0.2) is 0 Å². The minimum absolute atomic E-state index is 0.0196. The van der Waals surface area contributed by atoms with Gasteiger partial charge >= 0.3 is 0 Å². The summed E-state index contributed by atoms with van der Waals surface area (Å²) < 4.78 is 0. The summed E-state index contributed by atoms with van der Waals surface area (Å²) in [4.78, 5) is 13.7. The maximum Gasteiger partial charge on any atom is 0.238 e. The van der Waals surface area contributed by atoms with Gasteiger partial charge in [-0.05, 0) is 31.8 Å².